The van der Waals surface area contributed by atoms with Crippen LogP contribution in [0.25, 0.3) is 0 Å². The van der Waals surface area contributed by atoms with E-state index in [1.54, 1.807) is 0 Å². The maximum Gasteiger partial charge on any atom is 0.192 e. The molecule has 1 unspecified atom stereocenters. The SMILES string of the molecule is Cc1ccc(CN=C(NCc2nnc(C)n2C)NCC2CCCO2)c(OCC2CC2)c1.I. The smallest absolute Gasteiger partial charge is 0.192 e. The quantitative estimate of drug-likeness (QED) is 0.281. The lowest BCUT2D eigenvalue weighted by atomic mass is 10.1. The van der Waals surface area contributed by atoms with Crippen LogP contribution in [-0.2, 0) is 24.9 Å². The highest BCUT2D eigenvalue weighted by atomic mass is 127. The molecule has 0 bridgehead atoms. The standard InChI is InChI=1S/C23H34N6O2.HI/c1-16-6-9-19(21(11-16)31-15-18-7-8-18)12-24-23(25-13-20-5-4-10-30-20)26-14-22-28-27-17(2)29(22)3;/h6,9,11,18,20H,4-5,7-8,10,12-15H2,1-3H3,(H2,24,25,26);1H. The minimum atomic E-state index is 0. The van der Waals surface area contributed by atoms with E-state index in [9.17, 15) is 0 Å². The van der Waals surface area contributed by atoms with Crippen LogP contribution in [0.3, 0.4) is 0 Å². The van der Waals surface area contributed by atoms with Crippen molar-refractivity contribution in [2.75, 3.05) is 19.8 Å². The average Bonchev–Trinajstić information content (AvgIpc) is 3.35. The Balaban J connectivity index is 0.00000289. The van der Waals surface area contributed by atoms with E-state index in [4.69, 9.17) is 14.5 Å². The number of nitrogens with zero attached hydrogens (tertiary/aromatic N) is 4. The predicted molar refractivity (Wildman–Crippen MR) is 136 cm³/mol. The molecule has 1 aromatic carbocycles. The second-order valence-corrected chi connectivity index (χ2v) is 8.62. The summed E-state index contributed by atoms with van der Waals surface area (Å²) in [6, 6.07) is 6.34. The molecule has 0 radical (unpaired) electrons. The first-order valence-electron chi connectivity index (χ1n) is 11.3. The van der Waals surface area contributed by atoms with Crippen LogP contribution < -0.4 is 15.4 Å². The number of hydrogen-bond acceptors (Lipinski definition) is 5. The molecule has 0 amide bonds. The van der Waals surface area contributed by atoms with E-state index in [0.717, 1.165) is 67.4 Å². The molecule has 1 aliphatic heterocycles. The van der Waals surface area contributed by atoms with Crippen LogP contribution in [-0.4, -0.2) is 46.6 Å². The zero-order chi connectivity index (χ0) is 21.6. The lowest BCUT2D eigenvalue weighted by Gasteiger charge is -2.16. The first kappa shape index (κ1) is 24.8. The molecule has 1 saturated heterocycles. The number of benzene rings is 1. The molecule has 2 aliphatic rings. The van der Waals surface area contributed by atoms with Crippen LogP contribution in [0.4, 0.5) is 0 Å². The fourth-order valence-corrected chi connectivity index (χ4v) is 3.54. The predicted octanol–water partition coefficient (Wildman–Crippen LogP) is 3.25. The summed E-state index contributed by atoms with van der Waals surface area (Å²) in [5, 5.41) is 15.2. The van der Waals surface area contributed by atoms with Gasteiger partial charge in [0.05, 0.1) is 25.8 Å². The minimum absolute atomic E-state index is 0. The summed E-state index contributed by atoms with van der Waals surface area (Å²) in [7, 11) is 1.97. The molecule has 0 spiro atoms. The topological polar surface area (TPSA) is 85.6 Å². The number of nitrogens with one attached hydrogen (secondary N) is 2. The van der Waals surface area contributed by atoms with Gasteiger partial charge in [0.15, 0.2) is 11.8 Å². The van der Waals surface area contributed by atoms with Gasteiger partial charge >= 0.3 is 0 Å². The van der Waals surface area contributed by atoms with E-state index in [1.807, 2.05) is 18.5 Å². The van der Waals surface area contributed by atoms with E-state index >= 15 is 0 Å². The van der Waals surface area contributed by atoms with Crippen molar-refractivity contribution >= 4 is 29.9 Å². The Labute approximate surface area is 207 Å². The molecule has 1 atom stereocenters. The van der Waals surface area contributed by atoms with Crippen LogP contribution in [0.15, 0.2) is 23.2 Å². The van der Waals surface area contributed by atoms with E-state index in [-0.39, 0.29) is 30.1 Å². The number of halogens is 1. The maximum absolute atomic E-state index is 6.11. The molecule has 2 fully saturated rings. The Morgan fingerprint density at radius 3 is 2.75 bits per heavy atom. The molecule has 9 heteroatoms. The second-order valence-electron chi connectivity index (χ2n) is 8.62. The van der Waals surface area contributed by atoms with E-state index in [1.165, 1.54) is 18.4 Å². The molecule has 4 rings (SSSR count). The van der Waals surface area contributed by atoms with Crippen molar-refractivity contribution in [1.82, 2.24) is 25.4 Å². The van der Waals surface area contributed by atoms with Crippen molar-refractivity contribution < 1.29 is 9.47 Å². The van der Waals surface area contributed by atoms with Gasteiger partial charge in [0.1, 0.15) is 11.6 Å². The Kier molecular flexibility index (Phi) is 9.15. The summed E-state index contributed by atoms with van der Waals surface area (Å²) in [5.74, 6) is 4.16. The lowest BCUT2D eigenvalue weighted by Crippen LogP contribution is -2.41. The number of rotatable bonds is 9. The van der Waals surface area contributed by atoms with Crippen molar-refractivity contribution in [2.24, 2.45) is 18.0 Å². The molecule has 8 nitrogen and oxygen atoms in total. The van der Waals surface area contributed by atoms with Gasteiger partial charge in [-0.1, -0.05) is 12.1 Å². The molecule has 1 aromatic heterocycles. The zero-order valence-corrected chi connectivity index (χ0v) is 21.6. The molecule has 2 N–H and O–H groups in total. The van der Waals surface area contributed by atoms with Crippen molar-refractivity contribution in [3.05, 3.63) is 41.0 Å². The first-order chi connectivity index (χ1) is 15.1. The Morgan fingerprint density at radius 1 is 1.22 bits per heavy atom. The third-order valence-corrected chi connectivity index (χ3v) is 5.92. The Morgan fingerprint density at radius 2 is 2.06 bits per heavy atom. The molecule has 1 aliphatic carbocycles. The summed E-state index contributed by atoms with van der Waals surface area (Å²) in [6.45, 7) is 7.51. The molecule has 2 aromatic rings. The van der Waals surface area contributed by atoms with Gasteiger partial charge in [-0.05, 0) is 57.1 Å². The summed E-state index contributed by atoms with van der Waals surface area (Å²) >= 11 is 0. The highest BCUT2D eigenvalue weighted by Gasteiger charge is 2.22. The van der Waals surface area contributed by atoms with Crippen LogP contribution in [0.1, 0.15) is 48.5 Å². The number of hydrogen-bond donors (Lipinski definition) is 2. The molecular formula is C23H35IN6O2. The van der Waals surface area contributed by atoms with Crippen LogP contribution in [0.2, 0.25) is 0 Å². The highest BCUT2D eigenvalue weighted by Crippen LogP contribution is 2.31. The third-order valence-electron chi connectivity index (χ3n) is 5.92. The number of aliphatic imine (C=N–C) groups is 1. The fourth-order valence-electron chi connectivity index (χ4n) is 3.54. The fraction of sp³-hybridized carbons (Fsp3) is 0.609. The number of aromatic nitrogens is 3. The largest absolute Gasteiger partial charge is 0.493 e. The second kappa shape index (κ2) is 11.8. The van der Waals surface area contributed by atoms with Crippen LogP contribution in [0.5, 0.6) is 5.75 Å². The summed E-state index contributed by atoms with van der Waals surface area (Å²) in [4.78, 5) is 4.84. The molecule has 32 heavy (non-hydrogen) atoms. The number of guanidine groups is 1. The third kappa shape index (κ3) is 7.06. The minimum Gasteiger partial charge on any atom is -0.493 e. The Hall–Kier alpha value is -1.88. The van der Waals surface area contributed by atoms with Crippen molar-refractivity contribution in [2.45, 2.75) is 58.7 Å². The summed E-state index contributed by atoms with van der Waals surface area (Å²) in [6.07, 6.45) is 5.00. The van der Waals surface area contributed by atoms with Gasteiger partial charge in [-0.3, -0.25) is 0 Å². The van der Waals surface area contributed by atoms with Crippen molar-refractivity contribution in [1.29, 1.82) is 0 Å². The number of ether oxygens (including phenoxy) is 2. The van der Waals surface area contributed by atoms with Gasteiger partial charge in [-0.25, -0.2) is 4.99 Å². The lowest BCUT2D eigenvalue weighted by molar-refractivity contribution is 0.113. The molecule has 176 valence electrons. The highest BCUT2D eigenvalue weighted by molar-refractivity contribution is 14.0. The van der Waals surface area contributed by atoms with E-state index < -0.39 is 0 Å². The Bertz CT molecular complexity index is 906. The summed E-state index contributed by atoms with van der Waals surface area (Å²) < 4.78 is 13.8. The van der Waals surface area contributed by atoms with Gasteiger partial charge in [-0.2, -0.15) is 0 Å². The van der Waals surface area contributed by atoms with Crippen LogP contribution in [0, 0.1) is 19.8 Å². The van der Waals surface area contributed by atoms with E-state index in [0.29, 0.717) is 13.1 Å². The maximum atomic E-state index is 6.11. The average molecular weight is 554 g/mol. The van der Waals surface area contributed by atoms with Gasteiger partial charge in [-0.15, -0.1) is 34.2 Å². The zero-order valence-electron chi connectivity index (χ0n) is 19.3. The molecule has 1 saturated carbocycles. The van der Waals surface area contributed by atoms with Gasteiger partial charge in [0.25, 0.3) is 0 Å². The first-order valence-corrected chi connectivity index (χ1v) is 11.3. The van der Waals surface area contributed by atoms with E-state index in [2.05, 4.69) is 46.0 Å². The molecular weight excluding hydrogens is 519 g/mol. The van der Waals surface area contributed by atoms with Gasteiger partial charge in [0.2, 0.25) is 0 Å². The van der Waals surface area contributed by atoms with Gasteiger partial charge < -0.3 is 24.7 Å². The van der Waals surface area contributed by atoms with Crippen molar-refractivity contribution in [3.63, 3.8) is 0 Å². The normalized spacial score (nSPS) is 18.3. The monoisotopic (exact) mass is 554 g/mol. The molecule has 2 heterocycles. The summed E-state index contributed by atoms with van der Waals surface area (Å²) in [5.41, 5.74) is 2.30. The van der Waals surface area contributed by atoms with Gasteiger partial charge in [0, 0.05) is 25.8 Å². The van der Waals surface area contributed by atoms with Crippen LogP contribution >= 0.6 is 24.0 Å². The van der Waals surface area contributed by atoms with Crippen molar-refractivity contribution in [3.8, 4) is 5.75 Å². The number of aryl methyl sites for hydroxylation is 2.